The Balaban J connectivity index is 2.72. The van der Waals surface area contributed by atoms with Gasteiger partial charge in [-0.2, -0.15) is 4.68 Å². The van der Waals surface area contributed by atoms with Crippen LogP contribution in [0.15, 0.2) is 10.2 Å². The van der Waals surface area contributed by atoms with Gasteiger partial charge in [0.1, 0.15) is 5.60 Å². The molecule has 0 fully saturated rings. The van der Waals surface area contributed by atoms with Crippen molar-refractivity contribution in [1.29, 1.82) is 0 Å². The standard InChI is InChI=1S/C8H12N2O4S/c1-8(2,3)14-6(12)9-10-5(11)4-15-7(10)13/h4,11H,1-3H3,(H,9,12). The first-order valence-corrected chi connectivity index (χ1v) is 5.07. The van der Waals surface area contributed by atoms with Gasteiger partial charge < -0.3 is 9.84 Å². The van der Waals surface area contributed by atoms with Crippen molar-refractivity contribution in [3.63, 3.8) is 0 Å². The van der Waals surface area contributed by atoms with Gasteiger partial charge in [0.25, 0.3) is 0 Å². The van der Waals surface area contributed by atoms with Gasteiger partial charge in [-0.15, -0.1) is 0 Å². The first kappa shape index (κ1) is 11.6. The molecule has 0 aliphatic carbocycles. The quantitative estimate of drug-likeness (QED) is 0.759. The summed E-state index contributed by atoms with van der Waals surface area (Å²) in [5.74, 6) is -0.323. The summed E-state index contributed by atoms with van der Waals surface area (Å²) in [6.45, 7) is 5.09. The molecule has 0 spiro atoms. The Labute approximate surface area is 90.1 Å². The lowest BCUT2D eigenvalue weighted by atomic mass is 10.2. The number of nitrogens with zero attached hydrogens (tertiary/aromatic N) is 1. The predicted octanol–water partition coefficient (Wildman–Crippen LogP) is 1.09. The van der Waals surface area contributed by atoms with Crippen LogP contribution in [0.1, 0.15) is 20.8 Å². The van der Waals surface area contributed by atoms with Gasteiger partial charge in [-0.3, -0.25) is 4.79 Å². The molecule has 0 atom stereocenters. The highest BCUT2D eigenvalue weighted by Crippen LogP contribution is 2.09. The molecule has 7 heteroatoms. The van der Waals surface area contributed by atoms with Crippen molar-refractivity contribution in [1.82, 2.24) is 4.68 Å². The molecule has 0 saturated heterocycles. The second kappa shape index (κ2) is 3.93. The van der Waals surface area contributed by atoms with Crippen LogP contribution in [0, 0.1) is 0 Å². The van der Waals surface area contributed by atoms with Gasteiger partial charge in [0, 0.05) is 0 Å². The number of thiazole rings is 1. The number of nitrogens with one attached hydrogen (secondary N) is 1. The molecule has 1 aromatic heterocycles. The third-order valence-electron chi connectivity index (χ3n) is 1.28. The molecule has 0 bridgehead atoms. The third kappa shape index (κ3) is 3.28. The number of hydrogen-bond acceptors (Lipinski definition) is 5. The molecule has 0 unspecified atom stereocenters. The van der Waals surface area contributed by atoms with Crippen LogP contribution in [0.3, 0.4) is 0 Å². The molecule has 2 N–H and O–H groups in total. The van der Waals surface area contributed by atoms with Crippen molar-refractivity contribution in [3.05, 3.63) is 15.0 Å². The minimum absolute atomic E-state index is 0.323. The van der Waals surface area contributed by atoms with Crippen LogP contribution >= 0.6 is 11.3 Å². The molecule has 1 heterocycles. The van der Waals surface area contributed by atoms with E-state index in [-0.39, 0.29) is 5.88 Å². The van der Waals surface area contributed by atoms with Crippen LogP contribution in [0.5, 0.6) is 5.88 Å². The monoisotopic (exact) mass is 232 g/mol. The molecule has 15 heavy (non-hydrogen) atoms. The lowest BCUT2D eigenvalue weighted by Gasteiger charge is -2.19. The summed E-state index contributed by atoms with van der Waals surface area (Å²) in [4.78, 5) is 21.8. The van der Waals surface area contributed by atoms with Crippen molar-refractivity contribution >= 4 is 17.4 Å². The van der Waals surface area contributed by atoms with Crippen LogP contribution in [-0.2, 0) is 4.74 Å². The van der Waals surface area contributed by atoms with Gasteiger partial charge in [-0.1, -0.05) is 11.3 Å². The highest BCUT2D eigenvalue weighted by atomic mass is 32.1. The normalized spacial score (nSPS) is 11.1. The molecule has 1 amide bonds. The number of rotatable bonds is 1. The number of carbonyl (C=O) groups is 1. The highest BCUT2D eigenvalue weighted by Gasteiger charge is 2.17. The van der Waals surface area contributed by atoms with E-state index in [4.69, 9.17) is 4.74 Å². The summed E-state index contributed by atoms with van der Waals surface area (Å²) in [7, 11) is 0. The average molecular weight is 232 g/mol. The molecule has 0 aromatic carbocycles. The number of aromatic nitrogens is 1. The van der Waals surface area contributed by atoms with E-state index in [1.807, 2.05) is 0 Å². The molecular formula is C8H12N2O4S. The lowest BCUT2D eigenvalue weighted by Crippen LogP contribution is -2.34. The second-order valence-electron chi connectivity index (χ2n) is 3.81. The Morgan fingerprint density at radius 2 is 2.20 bits per heavy atom. The topological polar surface area (TPSA) is 80.6 Å². The van der Waals surface area contributed by atoms with Crippen molar-refractivity contribution in [2.45, 2.75) is 26.4 Å². The van der Waals surface area contributed by atoms with E-state index in [0.717, 1.165) is 16.0 Å². The summed E-state index contributed by atoms with van der Waals surface area (Å²) in [6, 6.07) is 0. The SMILES string of the molecule is CC(C)(C)OC(=O)Nn1c(O)csc1=O. The van der Waals surface area contributed by atoms with Crippen LogP contribution < -0.4 is 10.3 Å². The number of hydrogen-bond donors (Lipinski definition) is 2. The molecule has 6 nitrogen and oxygen atoms in total. The zero-order chi connectivity index (χ0) is 11.6. The number of amides is 1. The maximum atomic E-state index is 11.2. The molecule has 84 valence electrons. The fraction of sp³-hybridized carbons (Fsp3) is 0.500. The molecular weight excluding hydrogens is 220 g/mol. The fourth-order valence-corrected chi connectivity index (χ4v) is 1.35. The average Bonchev–Trinajstić information content (AvgIpc) is 2.32. The van der Waals surface area contributed by atoms with Gasteiger partial charge in [-0.25, -0.2) is 10.2 Å². The zero-order valence-corrected chi connectivity index (χ0v) is 9.42. The van der Waals surface area contributed by atoms with Gasteiger partial charge in [0.15, 0.2) is 0 Å². The van der Waals surface area contributed by atoms with E-state index in [1.54, 1.807) is 20.8 Å². The van der Waals surface area contributed by atoms with Gasteiger partial charge in [0.2, 0.25) is 5.88 Å². The second-order valence-corrected chi connectivity index (χ2v) is 4.63. The minimum Gasteiger partial charge on any atom is -0.493 e. The smallest absolute Gasteiger partial charge is 0.427 e. The van der Waals surface area contributed by atoms with E-state index in [0.29, 0.717) is 0 Å². The molecule has 1 rings (SSSR count). The van der Waals surface area contributed by atoms with Crippen LogP contribution in [0.25, 0.3) is 0 Å². The third-order valence-corrected chi connectivity index (χ3v) is 1.99. The van der Waals surface area contributed by atoms with Crippen molar-refractivity contribution < 1.29 is 14.6 Å². The molecule has 0 saturated carbocycles. The first-order chi connectivity index (χ1) is 6.79. The van der Waals surface area contributed by atoms with E-state index in [2.05, 4.69) is 5.43 Å². The van der Waals surface area contributed by atoms with Crippen LogP contribution in [0.2, 0.25) is 0 Å². The maximum absolute atomic E-state index is 11.2. The summed E-state index contributed by atoms with van der Waals surface area (Å²) in [6.07, 6.45) is -0.793. The van der Waals surface area contributed by atoms with E-state index in [9.17, 15) is 14.7 Å². The number of aromatic hydroxyl groups is 1. The van der Waals surface area contributed by atoms with E-state index >= 15 is 0 Å². The minimum atomic E-state index is -0.793. The summed E-state index contributed by atoms with van der Waals surface area (Å²) < 4.78 is 5.63. The Morgan fingerprint density at radius 1 is 1.60 bits per heavy atom. The maximum Gasteiger partial charge on any atom is 0.427 e. The Kier molecular flexibility index (Phi) is 3.04. The summed E-state index contributed by atoms with van der Waals surface area (Å²) in [5.41, 5.74) is 1.47. The van der Waals surface area contributed by atoms with Gasteiger partial charge >= 0.3 is 11.0 Å². The zero-order valence-electron chi connectivity index (χ0n) is 8.60. The van der Waals surface area contributed by atoms with Crippen molar-refractivity contribution in [3.8, 4) is 5.88 Å². The Bertz CT molecular complexity index is 415. The fourth-order valence-electron chi connectivity index (χ4n) is 0.797. The molecule has 0 aliphatic rings. The Morgan fingerprint density at radius 3 is 2.60 bits per heavy atom. The summed E-state index contributed by atoms with van der Waals surface area (Å²) >= 11 is 0.778. The van der Waals surface area contributed by atoms with E-state index in [1.165, 1.54) is 5.38 Å². The molecule has 1 aromatic rings. The van der Waals surface area contributed by atoms with Gasteiger partial charge in [0.05, 0.1) is 5.38 Å². The summed E-state index contributed by atoms with van der Waals surface area (Å²) in [5, 5.41) is 10.4. The number of carbonyl (C=O) groups excluding carboxylic acids is 1. The van der Waals surface area contributed by atoms with Crippen molar-refractivity contribution in [2.24, 2.45) is 0 Å². The lowest BCUT2D eigenvalue weighted by molar-refractivity contribution is 0.0610. The predicted molar refractivity (Wildman–Crippen MR) is 55.8 cm³/mol. The Hall–Kier alpha value is -1.50. The highest BCUT2D eigenvalue weighted by molar-refractivity contribution is 7.07. The first-order valence-electron chi connectivity index (χ1n) is 4.19. The van der Waals surface area contributed by atoms with Crippen LogP contribution in [0.4, 0.5) is 4.79 Å². The number of ether oxygens (including phenoxy) is 1. The van der Waals surface area contributed by atoms with E-state index < -0.39 is 16.6 Å². The molecule has 0 aliphatic heterocycles. The molecule has 0 radical (unpaired) electrons. The van der Waals surface area contributed by atoms with Crippen LogP contribution in [-0.4, -0.2) is 21.5 Å². The van der Waals surface area contributed by atoms with Gasteiger partial charge in [-0.05, 0) is 20.8 Å². The largest absolute Gasteiger partial charge is 0.493 e. The van der Waals surface area contributed by atoms with Crippen molar-refractivity contribution in [2.75, 3.05) is 5.43 Å².